The molecule has 0 radical (unpaired) electrons. The first-order chi connectivity index (χ1) is 15.1. The van der Waals surface area contributed by atoms with Gasteiger partial charge in [0.15, 0.2) is 5.83 Å². The predicted molar refractivity (Wildman–Crippen MR) is 119 cm³/mol. The minimum Gasteiger partial charge on any atom is -0.349 e. The highest BCUT2D eigenvalue weighted by atomic mass is 19.1. The molecule has 0 aromatic carbocycles. The Bertz CT molecular complexity index is 973. The van der Waals surface area contributed by atoms with Gasteiger partial charge in [-0.05, 0) is 74.7 Å². The average Bonchev–Trinajstić information content (AvgIpc) is 3.32. The molecule has 174 valence electrons. The highest BCUT2D eigenvalue weighted by Gasteiger charge is 2.62. The Morgan fingerprint density at radius 1 is 1.25 bits per heavy atom. The summed E-state index contributed by atoms with van der Waals surface area (Å²) < 4.78 is 14.5. The average molecular weight is 443 g/mol. The van der Waals surface area contributed by atoms with E-state index in [1.165, 1.54) is 0 Å². The molecule has 2 N–H and O–H groups in total. The van der Waals surface area contributed by atoms with Crippen LogP contribution in [0, 0.1) is 41.4 Å². The van der Waals surface area contributed by atoms with Gasteiger partial charge in [0.1, 0.15) is 5.82 Å². The molecular formula is C25H35FN4O2. The van der Waals surface area contributed by atoms with Gasteiger partial charge in [0.2, 0.25) is 5.91 Å². The van der Waals surface area contributed by atoms with E-state index in [1.54, 1.807) is 24.2 Å². The van der Waals surface area contributed by atoms with Crippen molar-refractivity contribution in [2.24, 2.45) is 34.5 Å². The van der Waals surface area contributed by atoms with Gasteiger partial charge in [0.25, 0.3) is 5.91 Å². The third kappa shape index (κ3) is 3.06. The summed E-state index contributed by atoms with van der Waals surface area (Å²) in [5.41, 5.74) is 0.644. The van der Waals surface area contributed by atoms with E-state index < -0.39 is 11.7 Å². The SMILES string of the molecule is Cc1cnc(CNC(=O)[C@H]2CCC3C4CCC5N(C)C(=O)C(F)=CC5(C)C4CC[C@@]32C)[nH]1. The summed E-state index contributed by atoms with van der Waals surface area (Å²) in [7, 11) is 1.75. The minimum absolute atomic E-state index is 0.0120. The van der Waals surface area contributed by atoms with E-state index in [1.807, 2.05) is 6.92 Å². The molecule has 7 atom stereocenters. The molecule has 0 bridgehead atoms. The Morgan fingerprint density at radius 2 is 2.03 bits per heavy atom. The van der Waals surface area contributed by atoms with Crippen LogP contribution in [0.1, 0.15) is 63.9 Å². The van der Waals surface area contributed by atoms with Crippen LogP contribution in [0.2, 0.25) is 0 Å². The van der Waals surface area contributed by atoms with Crippen molar-refractivity contribution < 1.29 is 14.0 Å². The van der Waals surface area contributed by atoms with E-state index in [0.717, 1.165) is 50.0 Å². The third-order valence-corrected chi connectivity index (χ3v) is 9.66. The number of amides is 2. The fourth-order valence-electron chi connectivity index (χ4n) is 8.11. The van der Waals surface area contributed by atoms with Gasteiger partial charge in [-0.1, -0.05) is 13.8 Å². The van der Waals surface area contributed by atoms with Gasteiger partial charge in [-0.15, -0.1) is 0 Å². The molecule has 1 aliphatic heterocycles. The number of carbonyl (C=O) groups is 2. The van der Waals surface area contributed by atoms with Crippen LogP contribution in [0.15, 0.2) is 18.1 Å². The Labute approximate surface area is 189 Å². The van der Waals surface area contributed by atoms with Gasteiger partial charge in [-0.3, -0.25) is 9.59 Å². The molecule has 1 aromatic rings. The first-order valence-corrected chi connectivity index (χ1v) is 12.1. The van der Waals surface area contributed by atoms with Crippen molar-refractivity contribution in [2.45, 2.75) is 71.9 Å². The fourth-order valence-corrected chi connectivity index (χ4v) is 8.11. The standard InChI is InChI=1S/C25H35FN4O2/c1-14-12-27-21(29-14)13-28-22(31)18-7-6-16-15-5-8-20-25(3,11-19(26)23(32)30(20)4)17(15)9-10-24(16,18)2/h11-12,15-18,20H,5-10,13H2,1-4H3,(H,27,29)(H,28,31)/t15?,16?,17?,18-,20?,24+,25?/m1/s1. The van der Waals surface area contributed by atoms with Crippen molar-refractivity contribution in [3.8, 4) is 0 Å². The van der Waals surface area contributed by atoms with E-state index in [-0.39, 0.29) is 28.7 Å². The molecule has 1 aromatic heterocycles. The molecule has 3 saturated carbocycles. The van der Waals surface area contributed by atoms with E-state index in [4.69, 9.17) is 0 Å². The topological polar surface area (TPSA) is 78.1 Å². The van der Waals surface area contributed by atoms with Gasteiger partial charge in [-0.2, -0.15) is 0 Å². The zero-order chi connectivity index (χ0) is 22.8. The molecule has 4 aliphatic rings. The van der Waals surface area contributed by atoms with Crippen molar-refractivity contribution in [1.29, 1.82) is 0 Å². The summed E-state index contributed by atoms with van der Waals surface area (Å²) in [6.07, 6.45) is 9.31. The fraction of sp³-hybridized carbons (Fsp3) is 0.720. The number of likely N-dealkylation sites (N-methyl/N-ethyl adjacent to an activating group) is 1. The van der Waals surface area contributed by atoms with Crippen molar-refractivity contribution >= 4 is 11.8 Å². The van der Waals surface area contributed by atoms with Crippen LogP contribution in [0.3, 0.4) is 0 Å². The maximum atomic E-state index is 14.5. The molecule has 7 heteroatoms. The van der Waals surface area contributed by atoms with Crippen LogP contribution in [0.5, 0.6) is 0 Å². The quantitative estimate of drug-likeness (QED) is 0.746. The summed E-state index contributed by atoms with van der Waals surface area (Å²) in [5, 5.41) is 3.12. The second-order valence-corrected chi connectivity index (χ2v) is 11.1. The molecule has 2 heterocycles. The summed E-state index contributed by atoms with van der Waals surface area (Å²) in [5.74, 6) is 1.16. The molecule has 3 fully saturated rings. The number of hydrogen-bond donors (Lipinski definition) is 2. The molecule has 5 unspecified atom stereocenters. The van der Waals surface area contributed by atoms with Crippen molar-refractivity contribution in [2.75, 3.05) is 7.05 Å². The van der Waals surface area contributed by atoms with Gasteiger partial charge < -0.3 is 15.2 Å². The lowest BCUT2D eigenvalue weighted by Crippen LogP contribution is -2.60. The zero-order valence-electron chi connectivity index (χ0n) is 19.6. The zero-order valence-corrected chi connectivity index (χ0v) is 19.6. The summed E-state index contributed by atoms with van der Waals surface area (Å²) in [6.45, 7) is 6.85. The number of hydrogen-bond acceptors (Lipinski definition) is 3. The third-order valence-electron chi connectivity index (χ3n) is 9.66. The molecule has 5 rings (SSSR count). The molecule has 0 saturated heterocycles. The molecular weight excluding hydrogens is 407 g/mol. The number of aromatic amines is 1. The highest BCUT2D eigenvalue weighted by molar-refractivity contribution is 5.92. The largest absolute Gasteiger partial charge is 0.349 e. The molecule has 2 amide bonds. The summed E-state index contributed by atoms with van der Waals surface area (Å²) in [6, 6.07) is 0.0670. The number of aromatic nitrogens is 2. The normalized spacial score (nSPS) is 40.9. The van der Waals surface area contributed by atoms with Crippen molar-refractivity contribution in [1.82, 2.24) is 20.2 Å². The van der Waals surface area contributed by atoms with E-state index in [2.05, 4.69) is 29.1 Å². The second-order valence-electron chi connectivity index (χ2n) is 11.1. The lowest BCUT2D eigenvalue weighted by Gasteiger charge is -2.60. The Kier molecular flexibility index (Phi) is 5.02. The number of halogens is 1. The Balaban J connectivity index is 1.34. The van der Waals surface area contributed by atoms with Crippen LogP contribution in [-0.2, 0) is 16.1 Å². The second kappa shape index (κ2) is 7.42. The highest BCUT2D eigenvalue weighted by Crippen LogP contribution is 2.65. The molecule has 32 heavy (non-hydrogen) atoms. The number of rotatable bonds is 3. The van der Waals surface area contributed by atoms with E-state index in [9.17, 15) is 14.0 Å². The van der Waals surface area contributed by atoms with E-state index >= 15 is 0 Å². The maximum Gasteiger partial charge on any atom is 0.282 e. The lowest BCUT2D eigenvalue weighted by molar-refractivity contribution is -0.145. The van der Waals surface area contributed by atoms with Crippen LogP contribution in [0.4, 0.5) is 4.39 Å². The molecule has 3 aliphatic carbocycles. The lowest BCUT2D eigenvalue weighted by atomic mass is 9.47. The van der Waals surface area contributed by atoms with Crippen LogP contribution in [0.25, 0.3) is 0 Å². The number of carbonyl (C=O) groups excluding carboxylic acids is 2. The number of H-pyrrole nitrogens is 1. The van der Waals surface area contributed by atoms with Crippen LogP contribution < -0.4 is 5.32 Å². The Hall–Kier alpha value is -2.18. The number of fused-ring (bicyclic) bond motifs is 5. The van der Waals surface area contributed by atoms with Crippen molar-refractivity contribution in [3.05, 3.63) is 29.6 Å². The van der Waals surface area contributed by atoms with Gasteiger partial charge >= 0.3 is 0 Å². The monoisotopic (exact) mass is 442 g/mol. The van der Waals surface area contributed by atoms with Gasteiger partial charge in [0.05, 0.1) is 6.54 Å². The summed E-state index contributed by atoms with van der Waals surface area (Å²) >= 11 is 0. The van der Waals surface area contributed by atoms with Crippen LogP contribution >= 0.6 is 0 Å². The number of imidazole rings is 1. The first-order valence-electron chi connectivity index (χ1n) is 12.1. The first kappa shape index (κ1) is 21.7. The van der Waals surface area contributed by atoms with Crippen molar-refractivity contribution in [3.63, 3.8) is 0 Å². The number of nitrogens with zero attached hydrogens (tertiary/aromatic N) is 2. The molecule has 6 nitrogen and oxygen atoms in total. The Morgan fingerprint density at radius 3 is 2.75 bits per heavy atom. The minimum atomic E-state index is -0.600. The van der Waals surface area contributed by atoms with Gasteiger partial charge in [0, 0.05) is 36.3 Å². The molecule has 0 spiro atoms. The number of aryl methyl sites for hydroxylation is 1. The summed E-state index contributed by atoms with van der Waals surface area (Å²) in [4.78, 5) is 34.5. The maximum absolute atomic E-state index is 14.5. The number of nitrogens with one attached hydrogen (secondary N) is 2. The van der Waals surface area contributed by atoms with Crippen LogP contribution in [-0.4, -0.2) is 39.8 Å². The van der Waals surface area contributed by atoms with E-state index in [0.29, 0.717) is 24.3 Å². The predicted octanol–water partition coefficient (Wildman–Crippen LogP) is 3.89. The smallest absolute Gasteiger partial charge is 0.282 e. The van der Waals surface area contributed by atoms with Gasteiger partial charge in [-0.25, -0.2) is 9.37 Å².